The summed E-state index contributed by atoms with van der Waals surface area (Å²) in [6.45, 7) is 1.78. The molecular formula is C11H23N3O. The van der Waals surface area contributed by atoms with E-state index in [1.54, 1.807) is 7.05 Å². The zero-order valence-electron chi connectivity index (χ0n) is 9.88. The molecule has 4 nitrogen and oxygen atoms in total. The number of rotatable bonds is 5. The van der Waals surface area contributed by atoms with E-state index in [1.165, 1.54) is 25.7 Å². The lowest BCUT2D eigenvalue weighted by atomic mass is 10.3. The zero-order chi connectivity index (χ0) is 10.9. The minimum atomic E-state index is 0.536. The Bertz CT molecular complexity index is 188. The molecule has 0 saturated heterocycles. The van der Waals surface area contributed by atoms with Crippen LogP contribution in [0.3, 0.4) is 0 Å². The second kappa shape index (κ2) is 7.51. The summed E-state index contributed by atoms with van der Waals surface area (Å²) in [4.78, 5) is 4.04. The van der Waals surface area contributed by atoms with Gasteiger partial charge in [-0.25, -0.2) is 0 Å². The first-order valence-electron chi connectivity index (χ1n) is 5.87. The normalized spacial score (nSPS) is 18.1. The van der Waals surface area contributed by atoms with Crippen LogP contribution in [0.2, 0.25) is 0 Å². The van der Waals surface area contributed by atoms with Crippen molar-refractivity contribution in [3.05, 3.63) is 0 Å². The topological polar surface area (TPSA) is 45.7 Å². The molecule has 0 atom stereocenters. The summed E-state index contributed by atoms with van der Waals surface area (Å²) in [6.07, 6.45) is 6.77. The Hall–Kier alpha value is -0.770. The summed E-state index contributed by atoms with van der Waals surface area (Å²) in [5.74, 6) is 0.843. The van der Waals surface area contributed by atoms with E-state index in [-0.39, 0.29) is 0 Å². The number of aliphatic imine (C=N–C) groups is 1. The third kappa shape index (κ3) is 5.02. The number of guanidine groups is 1. The molecule has 0 aromatic rings. The summed E-state index contributed by atoms with van der Waals surface area (Å²) >= 11 is 0. The molecule has 0 heterocycles. The average Bonchev–Trinajstić information content (AvgIpc) is 2.76. The van der Waals surface area contributed by atoms with E-state index < -0.39 is 0 Å². The predicted octanol–water partition coefficient (Wildman–Crippen LogP) is 1.13. The van der Waals surface area contributed by atoms with Gasteiger partial charge in [0.15, 0.2) is 5.96 Å². The van der Waals surface area contributed by atoms with Crippen LogP contribution in [-0.4, -0.2) is 39.3 Å². The highest BCUT2D eigenvalue weighted by molar-refractivity contribution is 5.79. The van der Waals surface area contributed by atoms with Crippen molar-refractivity contribution in [1.29, 1.82) is 0 Å². The smallest absolute Gasteiger partial charge is 0.190 e. The molecule has 0 unspecified atom stereocenters. The van der Waals surface area contributed by atoms with Gasteiger partial charge in [0.1, 0.15) is 0 Å². The van der Waals surface area contributed by atoms with E-state index >= 15 is 0 Å². The van der Waals surface area contributed by atoms with Crippen LogP contribution in [0.15, 0.2) is 4.99 Å². The van der Waals surface area contributed by atoms with Gasteiger partial charge >= 0.3 is 0 Å². The third-order valence-corrected chi connectivity index (χ3v) is 2.73. The van der Waals surface area contributed by atoms with E-state index in [1.807, 2.05) is 7.05 Å². The van der Waals surface area contributed by atoms with Crippen molar-refractivity contribution >= 4 is 5.96 Å². The third-order valence-electron chi connectivity index (χ3n) is 2.73. The Morgan fingerprint density at radius 3 is 2.73 bits per heavy atom. The number of nitrogens with one attached hydrogen (secondary N) is 2. The molecule has 0 bridgehead atoms. The maximum absolute atomic E-state index is 5.75. The molecule has 4 heteroatoms. The monoisotopic (exact) mass is 213 g/mol. The van der Waals surface area contributed by atoms with Crippen LogP contribution < -0.4 is 10.6 Å². The molecule has 1 fully saturated rings. The maximum Gasteiger partial charge on any atom is 0.190 e. The second-order valence-electron chi connectivity index (χ2n) is 3.88. The summed E-state index contributed by atoms with van der Waals surface area (Å²) in [6, 6.07) is 0. The average molecular weight is 213 g/mol. The fourth-order valence-corrected chi connectivity index (χ4v) is 1.86. The van der Waals surface area contributed by atoms with E-state index in [2.05, 4.69) is 15.6 Å². The van der Waals surface area contributed by atoms with Gasteiger partial charge in [-0.3, -0.25) is 4.99 Å². The molecule has 1 aliphatic rings. The Morgan fingerprint density at radius 1 is 1.40 bits per heavy atom. The maximum atomic E-state index is 5.75. The highest BCUT2D eigenvalue weighted by Gasteiger charge is 2.14. The number of hydrogen-bond acceptors (Lipinski definition) is 2. The van der Waals surface area contributed by atoms with Gasteiger partial charge in [0.25, 0.3) is 0 Å². The summed E-state index contributed by atoms with van der Waals surface area (Å²) < 4.78 is 5.75. The molecule has 1 saturated carbocycles. The summed E-state index contributed by atoms with van der Waals surface area (Å²) in [5, 5.41) is 6.19. The lowest BCUT2D eigenvalue weighted by Crippen LogP contribution is -2.35. The van der Waals surface area contributed by atoms with Crippen LogP contribution in [0, 0.1) is 0 Å². The fraction of sp³-hybridized carbons (Fsp3) is 0.909. The van der Waals surface area contributed by atoms with Gasteiger partial charge in [0.2, 0.25) is 0 Å². The summed E-state index contributed by atoms with van der Waals surface area (Å²) in [7, 11) is 3.64. The van der Waals surface area contributed by atoms with Gasteiger partial charge in [0, 0.05) is 27.2 Å². The largest absolute Gasteiger partial charge is 0.378 e. The first kappa shape index (κ1) is 12.3. The lowest BCUT2D eigenvalue weighted by Gasteiger charge is -2.12. The van der Waals surface area contributed by atoms with Crippen LogP contribution in [0.4, 0.5) is 0 Å². The van der Waals surface area contributed by atoms with E-state index in [4.69, 9.17) is 4.74 Å². The van der Waals surface area contributed by atoms with Gasteiger partial charge in [-0.2, -0.15) is 0 Å². The van der Waals surface area contributed by atoms with Gasteiger partial charge < -0.3 is 15.4 Å². The standard InChI is InChI=1S/C11H23N3O/c1-12-11(13-2)14-8-5-9-15-10-6-3-4-7-10/h10H,3-9H2,1-2H3,(H2,12,13,14). The Labute approximate surface area is 92.5 Å². The molecule has 0 spiro atoms. The van der Waals surface area contributed by atoms with Crippen molar-refractivity contribution in [1.82, 2.24) is 10.6 Å². The van der Waals surface area contributed by atoms with Crippen LogP contribution in [-0.2, 0) is 4.74 Å². The van der Waals surface area contributed by atoms with Gasteiger partial charge in [-0.1, -0.05) is 12.8 Å². The Morgan fingerprint density at radius 2 is 2.13 bits per heavy atom. The van der Waals surface area contributed by atoms with E-state index in [0.29, 0.717) is 6.10 Å². The quantitative estimate of drug-likeness (QED) is 0.409. The van der Waals surface area contributed by atoms with Crippen molar-refractivity contribution < 1.29 is 4.74 Å². The first-order valence-corrected chi connectivity index (χ1v) is 5.87. The minimum absolute atomic E-state index is 0.536. The van der Waals surface area contributed by atoms with E-state index in [0.717, 1.165) is 25.5 Å². The first-order chi connectivity index (χ1) is 7.36. The molecule has 0 aromatic carbocycles. The van der Waals surface area contributed by atoms with Crippen molar-refractivity contribution in [2.24, 2.45) is 4.99 Å². The van der Waals surface area contributed by atoms with Crippen LogP contribution in [0.1, 0.15) is 32.1 Å². The molecule has 1 rings (SSSR count). The Kier molecular flexibility index (Phi) is 6.16. The zero-order valence-corrected chi connectivity index (χ0v) is 9.88. The van der Waals surface area contributed by atoms with Gasteiger partial charge in [0.05, 0.1) is 6.10 Å². The molecule has 88 valence electrons. The van der Waals surface area contributed by atoms with Crippen molar-refractivity contribution in [2.45, 2.75) is 38.2 Å². The number of nitrogens with zero attached hydrogens (tertiary/aromatic N) is 1. The molecule has 0 aromatic heterocycles. The summed E-state index contributed by atoms with van der Waals surface area (Å²) in [5.41, 5.74) is 0. The van der Waals surface area contributed by atoms with Gasteiger partial charge in [-0.05, 0) is 19.3 Å². The molecule has 0 amide bonds. The molecule has 0 radical (unpaired) electrons. The van der Waals surface area contributed by atoms with Crippen LogP contribution >= 0.6 is 0 Å². The van der Waals surface area contributed by atoms with Crippen molar-refractivity contribution in [2.75, 3.05) is 27.2 Å². The highest BCUT2D eigenvalue weighted by Crippen LogP contribution is 2.20. The van der Waals surface area contributed by atoms with E-state index in [9.17, 15) is 0 Å². The Balaban J connectivity index is 1.92. The lowest BCUT2D eigenvalue weighted by molar-refractivity contribution is 0.0574. The van der Waals surface area contributed by atoms with Crippen molar-refractivity contribution in [3.63, 3.8) is 0 Å². The van der Waals surface area contributed by atoms with Crippen LogP contribution in [0.25, 0.3) is 0 Å². The molecule has 0 aliphatic heterocycles. The molecule has 1 aliphatic carbocycles. The second-order valence-corrected chi connectivity index (χ2v) is 3.88. The SMILES string of the molecule is CN=C(NC)NCCCOC1CCCC1. The highest BCUT2D eigenvalue weighted by atomic mass is 16.5. The molecular weight excluding hydrogens is 190 g/mol. The number of ether oxygens (including phenoxy) is 1. The van der Waals surface area contributed by atoms with Crippen molar-refractivity contribution in [3.8, 4) is 0 Å². The fourth-order valence-electron chi connectivity index (χ4n) is 1.86. The number of hydrogen-bond donors (Lipinski definition) is 2. The predicted molar refractivity (Wildman–Crippen MR) is 63.2 cm³/mol. The van der Waals surface area contributed by atoms with Gasteiger partial charge in [-0.15, -0.1) is 0 Å². The molecule has 2 N–H and O–H groups in total. The van der Waals surface area contributed by atoms with Crippen LogP contribution in [0.5, 0.6) is 0 Å². The molecule has 15 heavy (non-hydrogen) atoms. The minimum Gasteiger partial charge on any atom is -0.378 e.